The third-order valence-electron chi connectivity index (χ3n) is 6.42. The van der Waals surface area contributed by atoms with E-state index in [0.29, 0.717) is 18.2 Å². The number of carbonyl (C=O) groups excluding carboxylic acids is 2. The van der Waals surface area contributed by atoms with Crippen LogP contribution in [0.15, 0.2) is 18.2 Å². The number of nitrogens with zero attached hydrogens (tertiary/aromatic N) is 1. The number of carbonyl (C=O) groups is 2. The Morgan fingerprint density at radius 2 is 1.94 bits per heavy atom. The van der Waals surface area contributed by atoms with E-state index in [0.717, 1.165) is 36.1 Å². The number of ether oxygens (including phenoxy) is 1. The Bertz CT molecular complexity index is 992. The Morgan fingerprint density at radius 1 is 1.16 bits per heavy atom. The maximum absolute atomic E-state index is 12.8. The topological polar surface area (TPSA) is 80.3 Å². The molecule has 6 nitrogen and oxygen atoms in total. The highest BCUT2D eigenvalue weighted by Crippen LogP contribution is 2.41. The van der Waals surface area contributed by atoms with E-state index in [4.69, 9.17) is 4.74 Å². The van der Waals surface area contributed by atoms with Gasteiger partial charge in [-0.25, -0.2) is 4.98 Å². The number of thiophene rings is 1. The number of nitrogens with one attached hydrogen (secondary N) is 2. The van der Waals surface area contributed by atoms with E-state index in [-0.39, 0.29) is 29.3 Å². The van der Waals surface area contributed by atoms with Gasteiger partial charge in [0.05, 0.1) is 11.5 Å². The van der Waals surface area contributed by atoms with Crippen LogP contribution in [-0.4, -0.2) is 35.5 Å². The monoisotopic (exact) mass is 455 g/mol. The third-order valence-corrected chi connectivity index (χ3v) is 7.65. The van der Waals surface area contributed by atoms with Gasteiger partial charge in [-0.05, 0) is 77.0 Å². The molecule has 2 aromatic rings. The van der Waals surface area contributed by atoms with Crippen molar-refractivity contribution in [3.05, 3.63) is 44.8 Å². The molecule has 3 heterocycles. The minimum absolute atomic E-state index is 0.0348. The first-order valence-corrected chi connectivity index (χ1v) is 12.4. The third kappa shape index (κ3) is 4.82. The van der Waals surface area contributed by atoms with Crippen LogP contribution in [-0.2, 0) is 18.3 Å². The van der Waals surface area contributed by atoms with Crippen molar-refractivity contribution in [1.29, 1.82) is 0 Å². The maximum Gasteiger partial charge on any atom is 0.270 e. The molecule has 172 valence electrons. The van der Waals surface area contributed by atoms with Gasteiger partial charge in [-0.3, -0.25) is 9.59 Å². The lowest BCUT2D eigenvalue weighted by Crippen LogP contribution is -2.34. The van der Waals surface area contributed by atoms with Crippen molar-refractivity contribution in [3.63, 3.8) is 0 Å². The number of aromatic nitrogens is 1. The Hall–Kier alpha value is -2.41. The van der Waals surface area contributed by atoms with Crippen LogP contribution in [0.3, 0.4) is 0 Å². The lowest BCUT2D eigenvalue weighted by Gasteiger charge is -2.24. The molecule has 2 atom stereocenters. The number of hydrogen-bond acceptors (Lipinski definition) is 5. The van der Waals surface area contributed by atoms with E-state index in [1.54, 1.807) is 17.4 Å². The summed E-state index contributed by atoms with van der Waals surface area (Å²) in [5, 5.41) is 6.04. The highest BCUT2D eigenvalue weighted by molar-refractivity contribution is 7.14. The van der Waals surface area contributed by atoms with E-state index in [1.165, 1.54) is 23.3 Å². The highest BCUT2D eigenvalue weighted by Gasteiger charge is 2.38. The molecule has 0 saturated heterocycles. The molecule has 0 saturated carbocycles. The first kappa shape index (κ1) is 22.8. The zero-order valence-electron chi connectivity index (χ0n) is 19.4. The van der Waals surface area contributed by atoms with Crippen LogP contribution in [0, 0.1) is 0 Å². The molecule has 1 aliphatic carbocycles. The van der Waals surface area contributed by atoms with Gasteiger partial charge in [0, 0.05) is 27.9 Å². The number of pyridine rings is 1. The molecule has 2 N–H and O–H groups in total. The van der Waals surface area contributed by atoms with Gasteiger partial charge in [-0.2, -0.15) is 0 Å². The average Bonchev–Trinajstić information content (AvgIpc) is 3.33. The predicted octanol–water partition coefficient (Wildman–Crippen LogP) is 4.41. The fraction of sp³-hybridized carbons (Fsp3) is 0.560. The van der Waals surface area contributed by atoms with Crippen LogP contribution in [0.25, 0.3) is 0 Å². The minimum Gasteiger partial charge on any atom is -0.476 e. The molecule has 1 aliphatic heterocycles. The Kier molecular flexibility index (Phi) is 6.56. The lowest BCUT2D eigenvalue weighted by atomic mass is 9.80. The molecule has 0 spiro atoms. The van der Waals surface area contributed by atoms with Crippen LogP contribution in [0.4, 0.5) is 0 Å². The molecule has 7 heteroatoms. The number of rotatable bonds is 7. The summed E-state index contributed by atoms with van der Waals surface area (Å²) in [7, 11) is 0. The zero-order valence-corrected chi connectivity index (χ0v) is 20.2. The van der Waals surface area contributed by atoms with Crippen LogP contribution in [0.2, 0.25) is 0 Å². The molecule has 2 aliphatic rings. The highest BCUT2D eigenvalue weighted by atomic mass is 32.1. The summed E-state index contributed by atoms with van der Waals surface area (Å²) in [5.41, 5.74) is 2.58. The van der Waals surface area contributed by atoms with Crippen molar-refractivity contribution < 1.29 is 14.3 Å². The summed E-state index contributed by atoms with van der Waals surface area (Å²) in [6, 6.07) is 5.94. The fourth-order valence-electron chi connectivity index (χ4n) is 4.49. The summed E-state index contributed by atoms with van der Waals surface area (Å²) in [6.45, 7) is 8.60. The first-order valence-electron chi connectivity index (χ1n) is 11.6. The molecule has 0 bridgehead atoms. The van der Waals surface area contributed by atoms with E-state index < -0.39 is 0 Å². The summed E-state index contributed by atoms with van der Waals surface area (Å²) in [6.07, 6.45) is 6.36. The molecule has 4 rings (SSSR count). The molecular formula is C25H33N3O3S. The number of hydrogen-bond donors (Lipinski definition) is 2. The van der Waals surface area contributed by atoms with Gasteiger partial charge in [-0.15, -0.1) is 11.3 Å². The average molecular weight is 456 g/mol. The quantitative estimate of drug-likeness (QED) is 0.648. The summed E-state index contributed by atoms with van der Waals surface area (Å²) >= 11 is 1.65. The molecule has 2 amide bonds. The van der Waals surface area contributed by atoms with Crippen LogP contribution < -0.4 is 15.4 Å². The first-order chi connectivity index (χ1) is 15.2. The lowest BCUT2D eigenvalue weighted by molar-refractivity contribution is 0.0929. The van der Waals surface area contributed by atoms with Crippen molar-refractivity contribution in [2.45, 2.75) is 83.7 Å². The summed E-state index contributed by atoms with van der Waals surface area (Å²) in [5.74, 6) is 0.393. The second-order valence-electron chi connectivity index (χ2n) is 9.71. The van der Waals surface area contributed by atoms with Crippen LogP contribution >= 0.6 is 11.3 Å². The van der Waals surface area contributed by atoms with Crippen LogP contribution in [0.5, 0.6) is 5.88 Å². The molecule has 0 radical (unpaired) electrons. The van der Waals surface area contributed by atoms with Gasteiger partial charge in [0.15, 0.2) is 0 Å². The van der Waals surface area contributed by atoms with Gasteiger partial charge in [0.1, 0.15) is 5.69 Å². The second-order valence-corrected chi connectivity index (χ2v) is 10.8. The standard InChI is InChI=1S/C25H33N3O3S/c1-15(2)26-22(29)19-10-9-18-24(28-19)31-14-25(18,4)12-11-16(3)27-23(30)21-13-17-7-5-6-8-20(17)32-21/h9-10,13,15-16H,5-8,11-12,14H2,1-4H3,(H,26,29)(H,27,30). The van der Waals surface area contributed by atoms with Crippen molar-refractivity contribution in [3.8, 4) is 5.88 Å². The molecular weight excluding hydrogens is 422 g/mol. The van der Waals surface area contributed by atoms with Crippen molar-refractivity contribution in [1.82, 2.24) is 15.6 Å². The molecule has 0 fully saturated rings. The van der Waals surface area contributed by atoms with E-state index >= 15 is 0 Å². The Morgan fingerprint density at radius 3 is 2.69 bits per heavy atom. The Balaban J connectivity index is 1.35. The van der Waals surface area contributed by atoms with Gasteiger partial charge >= 0.3 is 0 Å². The minimum atomic E-state index is -0.188. The van der Waals surface area contributed by atoms with Gasteiger partial charge in [0.25, 0.3) is 11.8 Å². The number of fused-ring (bicyclic) bond motifs is 2. The molecule has 2 aromatic heterocycles. The van der Waals surface area contributed by atoms with Crippen molar-refractivity contribution in [2.24, 2.45) is 0 Å². The smallest absolute Gasteiger partial charge is 0.270 e. The SMILES string of the molecule is CC(C)NC(=O)c1ccc2c(n1)OCC2(C)CCC(C)NC(=O)c1cc2c(s1)CCCC2. The number of amides is 2. The molecule has 32 heavy (non-hydrogen) atoms. The molecule has 0 aromatic carbocycles. The van der Waals surface area contributed by atoms with Gasteiger partial charge in [-0.1, -0.05) is 13.0 Å². The van der Waals surface area contributed by atoms with Gasteiger partial charge < -0.3 is 15.4 Å². The van der Waals surface area contributed by atoms with E-state index in [2.05, 4.69) is 35.5 Å². The van der Waals surface area contributed by atoms with Crippen molar-refractivity contribution >= 4 is 23.2 Å². The molecule has 2 unspecified atom stereocenters. The summed E-state index contributed by atoms with van der Waals surface area (Å²) in [4.78, 5) is 31.7. The zero-order chi connectivity index (χ0) is 22.9. The number of aryl methyl sites for hydroxylation is 2. The van der Waals surface area contributed by atoms with E-state index in [9.17, 15) is 9.59 Å². The van der Waals surface area contributed by atoms with Gasteiger partial charge in [0.2, 0.25) is 5.88 Å². The van der Waals surface area contributed by atoms with E-state index in [1.807, 2.05) is 19.9 Å². The Labute approximate surface area is 194 Å². The maximum atomic E-state index is 12.8. The second kappa shape index (κ2) is 9.22. The van der Waals surface area contributed by atoms with Crippen LogP contribution in [0.1, 0.15) is 89.5 Å². The van der Waals surface area contributed by atoms with Crippen molar-refractivity contribution in [2.75, 3.05) is 6.61 Å². The largest absolute Gasteiger partial charge is 0.476 e. The predicted molar refractivity (Wildman–Crippen MR) is 127 cm³/mol. The normalized spacial score (nSPS) is 20.3. The fourth-order valence-corrected chi connectivity index (χ4v) is 5.65. The summed E-state index contributed by atoms with van der Waals surface area (Å²) < 4.78 is 5.86.